The summed E-state index contributed by atoms with van der Waals surface area (Å²) >= 11 is 2.88. The van der Waals surface area contributed by atoms with Gasteiger partial charge in [0.1, 0.15) is 0 Å². The van der Waals surface area contributed by atoms with Crippen LogP contribution in [0, 0.1) is 20.8 Å². The number of thiazole rings is 1. The van der Waals surface area contributed by atoms with Gasteiger partial charge in [0, 0.05) is 4.88 Å². The quantitative estimate of drug-likeness (QED) is 0.727. The standard InChI is InChI=1S/C12H12N4OS2/c1-6-9(18-8(3)14-6)4-16-5-13-11-10(12(16)17)7(2)15-19-11/h5H,4H2,1-3H3. The second kappa shape index (κ2) is 4.50. The fourth-order valence-electron chi connectivity index (χ4n) is 2.00. The SMILES string of the molecule is Cc1nc(C)c(Cn2cnc3snc(C)c3c2=O)s1. The van der Waals surface area contributed by atoms with Crippen molar-refractivity contribution in [2.75, 3.05) is 0 Å². The van der Waals surface area contributed by atoms with Gasteiger partial charge in [-0.05, 0) is 32.3 Å². The molecule has 0 spiro atoms. The molecule has 7 heteroatoms. The highest BCUT2D eigenvalue weighted by Crippen LogP contribution is 2.19. The Kier molecular flexibility index (Phi) is 2.94. The zero-order chi connectivity index (χ0) is 13.6. The van der Waals surface area contributed by atoms with Crippen molar-refractivity contribution >= 4 is 33.1 Å². The summed E-state index contributed by atoms with van der Waals surface area (Å²) in [6.45, 7) is 6.30. The summed E-state index contributed by atoms with van der Waals surface area (Å²) in [6.07, 6.45) is 1.59. The Morgan fingerprint density at radius 2 is 2.05 bits per heavy atom. The zero-order valence-corrected chi connectivity index (χ0v) is 12.4. The Hall–Kier alpha value is -1.60. The molecule has 0 fully saturated rings. The molecular formula is C12H12N4OS2. The first-order chi connectivity index (χ1) is 9.06. The van der Waals surface area contributed by atoms with E-state index in [0.717, 1.165) is 21.3 Å². The predicted molar refractivity (Wildman–Crippen MR) is 77.1 cm³/mol. The van der Waals surface area contributed by atoms with Gasteiger partial charge >= 0.3 is 0 Å². The van der Waals surface area contributed by atoms with Crippen molar-refractivity contribution in [1.29, 1.82) is 0 Å². The van der Waals surface area contributed by atoms with Gasteiger partial charge in [-0.25, -0.2) is 9.97 Å². The van der Waals surface area contributed by atoms with Crippen molar-refractivity contribution in [3.63, 3.8) is 0 Å². The lowest BCUT2D eigenvalue weighted by atomic mass is 10.3. The van der Waals surface area contributed by atoms with Gasteiger partial charge in [0.15, 0.2) is 4.83 Å². The number of rotatable bonds is 2. The molecule has 3 aromatic heterocycles. The van der Waals surface area contributed by atoms with Crippen molar-refractivity contribution < 1.29 is 0 Å². The first-order valence-corrected chi connectivity index (χ1v) is 7.39. The number of hydrogen-bond acceptors (Lipinski definition) is 6. The van der Waals surface area contributed by atoms with Crippen LogP contribution in [-0.4, -0.2) is 18.9 Å². The van der Waals surface area contributed by atoms with Gasteiger partial charge in [-0.3, -0.25) is 9.36 Å². The van der Waals surface area contributed by atoms with Crippen LogP contribution in [0.5, 0.6) is 0 Å². The lowest BCUT2D eigenvalue weighted by Crippen LogP contribution is -2.21. The van der Waals surface area contributed by atoms with Crippen LogP contribution < -0.4 is 5.56 Å². The van der Waals surface area contributed by atoms with Gasteiger partial charge in [0.05, 0.1) is 34.7 Å². The minimum absolute atomic E-state index is 0.0262. The number of nitrogens with zero attached hydrogens (tertiary/aromatic N) is 4. The van der Waals surface area contributed by atoms with Crippen molar-refractivity contribution in [2.45, 2.75) is 27.3 Å². The summed E-state index contributed by atoms with van der Waals surface area (Å²) in [6, 6.07) is 0. The number of fused-ring (bicyclic) bond motifs is 1. The number of hydrogen-bond donors (Lipinski definition) is 0. The Morgan fingerprint density at radius 3 is 2.74 bits per heavy atom. The summed E-state index contributed by atoms with van der Waals surface area (Å²) in [4.78, 5) is 22.9. The number of aryl methyl sites for hydroxylation is 3. The van der Waals surface area contributed by atoms with Crippen LogP contribution in [0.3, 0.4) is 0 Å². The largest absolute Gasteiger partial charge is 0.293 e. The van der Waals surface area contributed by atoms with E-state index in [9.17, 15) is 4.79 Å². The lowest BCUT2D eigenvalue weighted by molar-refractivity contribution is 0.753. The average molecular weight is 292 g/mol. The smallest absolute Gasteiger partial charge is 0.264 e. The van der Waals surface area contributed by atoms with Crippen LogP contribution in [-0.2, 0) is 6.54 Å². The molecule has 0 amide bonds. The number of aromatic nitrogens is 4. The maximum absolute atomic E-state index is 12.4. The van der Waals surface area contributed by atoms with E-state index in [1.165, 1.54) is 11.5 Å². The summed E-state index contributed by atoms with van der Waals surface area (Å²) in [7, 11) is 0. The Labute approximate surface area is 117 Å². The summed E-state index contributed by atoms with van der Waals surface area (Å²) < 4.78 is 5.81. The van der Waals surface area contributed by atoms with E-state index in [1.807, 2.05) is 20.8 Å². The molecule has 98 valence electrons. The maximum Gasteiger partial charge on any atom is 0.264 e. The molecule has 0 bridgehead atoms. The molecule has 19 heavy (non-hydrogen) atoms. The topological polar surface area (TPSA) is 60.7 Å². The van der Waals surface area contributed by atoms with Gasteiger partial charge in [-0.2, -0.15) is 4.37 Å². The Balaban J connectivity index is 2.11. The molecule has 0 unspecified atom stereocenters. The highest BCUT2D eigenvalue weighted by atomic mass is 32.1. The fourth-order valence-corrected chi connectivity index (χ4v) is 3.67. The Bertz CT molecular complexity index is 815. The van der Waals surface area contributed by atoms with Crippen molar-refractivity contribution in [2.24, 2.45) is 0 Å². The van der Waals surface area contributed by atoms with Crippen LogP contribution in [0.1, 0.15) is 21.3 Å². The summed E-state index contributed by atoms with van der Waals surface area (Å²) in [5.74, 6) is 0. The van der Waals surface area contributed by atoms with Crippen LogP contribution >= 0.6 is 22.9 Å². The van der Waals surface area contributed by atoms with Gasteiger partial charge in [-0.1, -0.05) is 0 Å². The van der Waals surface area contributed by atoms with Crippen LogP contribution in [0.4, 0.5) is 0 Å². The van der Waals surface area contributed by atoms with Crippen molar-refractivity contribution in [3.8, 4) is 0 Å². The molecule has 0 aliphatic carbocycles. The minimum Gasteiger partial charge on any atom is -0.293 e. The van der Waals surface area contributed by atoms with E-state index in [1.54, 1.807) is 22.2 Å². The third-order valence-electron chi connectivity index (χ3n) is 2.95. The highest BCUT2D eigenvalue weighted by Gasteiger charge is 2.12. The third-order valence-corrected chi connectivity index (χ3v) is 4.85. The average Bonchev–Trinajstić information content (AvgIpc) is 2.87. The molecule has 0 aliphatic heterocycles. The second-order valence-electron chi connectivity index (χ2n) is 4.37. The van der Waals surface area contributed by atoms with Crippen molar-refractivity contribution in [1.82, 2.24) is 18.9 Å². The molecule has 3 aromatic rings. The minimum atomic E-state index is -0.0262. The highest BCUT2D eigenvalue weighted by molar-refractivity contribution is 7.13. The molecule has 0 saturated heterocycles. The first kappa shape index (κ1) is 12.4. The first-order valence-electron chi connectivity index (χ1n) is 5.80. The van der Waals surface area contributed by atoms with Gasteiger partial charge in [0.2, 0.25) is 0 Å². The monoisotopic (exact) mass is 292 g/mol. The molecule has 5 nitrogen and oxygen atoms in total. The molecule has 0 radical (unpaired) electrons. The fraction of sp³-hybridized carbons (Fsp3) is 0.333. The predicted octanol–water partition coefficient (Wildman–Crippen LogP) is 2.28. The molecule has 0 saturated carbocycles. The second-order valence-corrected chi connectivity index (χ2v) is 6.41. The third kappa shape index (κ3) is 2.08. The molecule has 3 rings (SSSR count). The van der Waals surface area contributed by atoms with Crippen LogP contribution in [0.15, 0.2) is 11.1 Å². The zero-order valence-electron chi connectivity index (χ0n) is 10.8. The van der Waals surface area contributed by atoms with Crippen LogP contribution in [0.25, 0.3) is 10.2 Å². The Morgan fingerprint density at radius 1 is 1.26 bits per heavy atom. The normalized spacial score (nSPS) is 11.3. The van der Waals surface area contributed by atoms with E-state index in [4.69, 9.17) is 0 Å². The van der Waals surface area contributed by atoms with Crippen molar-refractivity contribution in [3.05, 3.63) is 38.0 Å². The van der Waals surface area contributed by atoms with Gasteiger partial charge in [-0.15, -0.1) is 11.3 Å². The van der Waals surface area contributed by atoms with E-state index in [0.29, 0.717) is 16.8 Å². The molecule has 0 atom stereocenters. The van der Waals surface area contributed by atoms with E-state index in [-0.39, 0.29) is 5.56 Å². The molecule has 3 heterocycles. The maximum atomic E-state index is 12.4. The molecule has 0 N–H and O–H groups in total. The molecule has 0 aliphatic rings. The van der Waals surface area contributed by atoms with E-state index in [2.05, 4.69) is 14.3 Å². The van der Waals surface area contributed by atoms with Gasteiger partial charge in [0.25, 0.3) is 5.56 Å². The van der Waals surface area contributed by atoms with Crippen LogP contribution in [0.2, 0.25) is 0 Å². The van der Waals surface area contributed by atoms with Gasteiger partial charge < -0.3 is 0 Å². The lowest BCUT2D eigenvalue weighted by Gasteiger charge is -2.03. The van der Waals surface area contributed by atoms with E-state index >= 15 is 0 Å². The molecular weight excluding hydrogens is 280 g/mol. The summed E-state index contributed by atoms with van der Waals surface area (Å²) in [5.41, 5.74) is 1.71. The van der Waals surface area contributed by atoms with E-state index < -0.39 is 0 Å². The summed E-state index contributed by atoms with van der Waals surface area (Å²) in [5, 5.41) is 1.65. The molecule has 0 aromatic carbocycles.